The van der Waals surface area contributed by atoms with Gasteiger partial charge in [0, 0.05) is 16.7 Å². The van der Waals surface area contributed by atoms with Crippen LogP contribution in [0.2, 0.25) is 0 Å². The van der Waals surface area contributed by atoms with Crippen LogP contribution in [0.3, 0.4) is 0 Å². The highest BCUT2D eigenvalue weighted by Gasteiger charge is 2.09. The van der Waals surface area contributed by atoms with Crippen LogP contribution in [0.25, 0.3) is 0 Å². The molecule has 4 nitrogen and oxygen atoms in total. The summed E-state index contributed by atoms with van der Waals surface area (Å²) in [6.45, 7) is 0.294. The minimum Gasteiger partial charge on any atom is -0.478 e. The van der Waals surface area contributed by atoms with E-state index in [0.717, 1.165) is 4.47 Å². The molecule has 1 aromatic carbocycles. The van der Waals surface area contributed by atoms with Gasteiger partial charge in [-0.1, -0.05) is 15.9 Å². The van der Waals surface area contributed by atoms with E-state index in [1.807, 2.05) is 0 Å². The van der Waals surface area contributed by atoms with Gasteiger partial charge in [0.1, 0.15) is 0 Å². The van der Waals surface area contributed by atoms with Crippen molar-refractivity contribution in [3.8, 4) is 0 Å². The number of hydrogen-bond acceptors (Lipinski definition) is 3. The standard InChI is InChI=1S/C9H10BrNO3/c10-6-1-2-7(9(13)14)8(5-6)11-3-4-12/h1-2,5,11-12H,3-4H2,(H,13,14). The number of halogens is 1. The Bertz CT molecular complexity index is 341. The van der Waals surface area contributed by atoms with E-state index in [4.69, 9.17) is 10.2 Å². The SMILES string of the molecule is O=C(O)c1ccc(Br)cc1NCCO. The average Bonchev–Trinajstić information content (AvgIpc) is 2.14. The van der Waals surface area contributed by atoms with Crippen molar-refractivity contribution in [2.75, 3.05) is 18.5 Å². The summed E-state index contributed by atoms with van der Waals surface area (Å²) in [6.07, 6.45) is 0. The van der Waals surface area contributed by atoms with Crippen LogP contribution in [0.5, 0.6) is 0 Å². The number of nitrogens with one attached hydrogen (secondary N) is 1. The average molecular weight is 260 g/mol. The number of carboxylic acid groups (broad SMARTS) is 1. The largest absolute Gasteiger partial charge is 0.478 e. The van der Waals surface area contributed by atoms with Gasteiger partial charge < -0.3 is 15.5 Å². The van der Waals surface area contributed by atoms with Crippen LogP contribution in [-0.2, 0) is 0 Å². The van der Waals surface area contributed by atoms with Gasteiger partial charge in [-0.3, -0.25) is 0 Å². The van der Waals surface area contributed by atoms with Crippen LogP contribution in [0.4, 0.5) is 5.69 Å². The van der Waals surface area contributed by atoms with Crippen LogP contribution < -0.4 is 5.32 Å². The molecule has 14 heavy (non-hydrogen) atoms. The van der Waals surface area contributed by atoms with E-state index < -0.39 is 5.97 Å². The monoisotopic (exact) mass is 259 g/mol. The first kappa shape index (κ1) is 11.0. The third-order valence-corrected chi connectivity index (χ3v) is 2.13. The molecule has 3 N–H and O–H groups in total. The van der Waals surface area contributed by atoms with Gasteiger partial charge in [0.05, 0.1) is 12.2 Å². The number of aliphatic hydroxyl groups is 1. The van der Waals surface area contributed by atoms with Crippen LogP contribution in [0.15, 0.2) is 22.7 Å². The molecule has 0 fully saturated rings. The minimum absolute atomic E-state index is 0.0361. The molecule has 0 unspecified atom stereocenters. The predicted octanol–water partition coefficient (Wildman–Crippen LogP) is 1.55. The summed E-state index contributed by atoms with van der Waals surface area (Å²) in [7, 11) is 0. The molecule has 0 heterocycles. The molecule has 5 heteroatoms. The van der Waals surface area contributed by atoms with E-state index in [-0.39, 0.29) is 12.2 Å². The van der Waals surface area contributed by atoms with E-state index >= 15 is 0 Å². The van der Waals surface area contributed by atoms with Gasteiger partial charge in [-0.25, -0.2) is 4.79 Å². The van der Waals surface area contributed by atoms with Gasteiger partial charge in [-0.05, 0) is 18.2 Å². The van der Waals surface area contributed by atoms with Crippen LogP contribution in [0.1, 0.15) is 10.4 Å². The van der Waals surface area contributed by atoms with Crippen LogP contribution >= 0.6 is 15.9 Å². The number of aromatic carboxylic acids is 1. The molecule has 0 saturated heterocycles. The van der Waals surface area contributed by atoms with Crippen molar-refractivity contribution in [3.05, 3.63) is 28.2 Å². The van der Waals surface area contributed by atoms with E-state index in [1.165, 1.54) is 6.07 Å². The van der Waals surface area contributed by atoms with Crippen molar-refractivity contribution in [2.45, 2.75) is 0 Å². The second-order valence-electron chi connectivity index (χ2n) is 2.65. The first-order chi connectivity index (χ1) is 6.65. The Morgan fingerprint density at radius 1 is 1.50 bits per heavy atom. The fourth-order valence-electron chi connectivity index (χ4n) is 1.04. The molecule has 0 spiro atoms. The topological polar surface area (TPSA) is 69.6 Å². The number of benzene rings is 1. The van der Waals surface area contributed by atoms with Gasteiger partial charge in [0.2, 0.25) is 0 Å². The Hall–Kier alpha value is -1.07. The zero-order chi connectivity index (χ0) is 10.6. The zero-order valence-corrected chi connectivity index (χ0v) is 8.91. The molecule has 0 atom stereocenters. The minimum atomic E-state index is -0.988. The van der Waals surface area contributed by atoms with E-state index in [0.29, 0.717) is 12.2 Å². The molecule has 0 aromatic heterocycles. The van der Waals surface area contributed by atoms with Gasteiger partial charge in [-0.2, -0.15) is 0 Å². The van der Waals surface area contributed by atoms with Crippen molar-refractivity contribution < 1.29 is 15.0 Å². The molecule has 0 amide bonds. The third kappa shape index (κ3) is 2.71. The maximum Gasteiger partial charge on any atom is 0.337 e. The number of hydrogen-bond donors (Lipinski definition) is 3. The van der Waals surface area contributed by atoms with Gasteiger partial charge in [-0.15, -0.1) is 0 Å². The molecular formula is C9H10BrNO3. The highest BCUT2D eigenvalue weighted by molar-refractivity contribution is 9.10. The van der Waals surface area contributed by atoms with E-state index in [1.54, 1.807) is 12.1 Å². The maximum atomic E-state index is 10.8. The van der Waals surface area contributed by atoms with Gasteiger partial charge in [0.25, 0.3) is 0 Å². The fourth-order valence-corrected chi connectivity index (χ4v) is 1.40. The molecular weight excluding hydrogens is 250 g/mol. The Morgan fingerprint density at radius 3 is 2.79 bits per heavy atom. The lowest BCUT2D eigenvalue weighted by Gasteiger charge is -2.08. The summed E-state index contributed by atoms with van der Waals surface area (Å²) in [4.78, 5) is 10.8. The molecule has 0 saturated carbocycles. The number of rotatable bonds is 4. The molecule has 0 aliphatic heterocycles. The van der Waals surface area contributed by atoms with Crippen molar-refractivity contribution in [3.63, 3.8) is 0 Å². The van der Waals surface area contributed by atoms with Crippen LogP contribution in [-0.4, -0.2) is 29.3 Å². The maximum absolute atomic E-state index is 10.8. The predicted molar refractivity (Wildman–Crippen MR) is 56.7 cm³/mol. The quantitative estimate of drug-likeness (QED) is 0.768. The summed E-state index contributed by atoms with van der Waals surface area (Å²) in [5.41, 5.74) is 0.697. The number of carbonyl (C=O) groups is 1. The molecule has 0 aliphatic carbocycles. The number of aliphatic hydroxyl groups excluding tert-OH is 1. The van der Waals surface area contributed by atoms with E-state index in [2.05, 4.69) is 21.2 Å². The Morgan fingerprint density at radius 2 is 2.21 bits per heavy atom. The molecule has 1 rings (SSSR count). The molecule has 0 aliphatic rings. The van der Waals surface area contributed by atoms with Crippen molar-refractivity contribution in [1.82, 2.24) is 0 Å². The van der Waals surface area contributed by atoms with E-state index in [9.17, 15) is 4.79 Å². The first-order valence-electron chi connectivity index (χ1n) is 4.02. The lowest BCUT2D eigenvalue weighted by Crippen LogP contribution is -2.10. The highest BCUT2D eigenvalue weighted by atomic mass is 79.9. The highest BCUT2D eigenvalue weighted by Crippen LogP contribution is 2.21. The summed E-state index contributed by atoms with van der Waals surface area (Å²) >= 11 is 3.24. The summed E-state index contributed by atoms with van der Waals surface area (Å²) in [5.74, 6) is -0.988. The lowest BCUT2D eigenvalue weighted by atomic mass is 10.2. The second kappa shape index (κ2) is 4.97. The first-order valence-corrected chi connectivity index (χ1v) is 4.82. The molecule has 1 aromatic rings. The summed E-state index contributed by atoms with van der Waals surface area (Å²) in [6, 6.07) is 4.83. The smallest absolute Gasteiger partial charge is 0.337 e. The number of anilines is 1. The van der Waals surface area contributed by atoms with Crippen molar-refractivity contribution in [1.29, 1.82) is 0 Å². The normalized spacial score (nSPS) is 9.86. The molecule has 0 radical (unpaired) electrons. The number of carboxylic acids is 1. The Balaban J connectivity index is 2.97. The zero-order valence-electron chi connectivity index (χ0n) is 7.33. The Kier molecular flexibility index (Phi) is 3.91. The Labute approximate surface area is 89.7 Å². The van der Waals surface area contributed by atoms with Crippen molar-refractivity contribution in [2.24, 2.45) is 0 Å². The fraction of sp³-hybridized carbons (Fsp3) is 0.222. The van der Waals surface area contributed by atoms with Gasteiger partial charge >= 0.3 is 5.97 Å². The second-order valence-corrected chi connectivity index (χ2v) is 3.56. The molecule has 0 bridgehead atoms. The third-order valence-electron chi connectivity index (χ3n) is 1.64. The summed E-state index contributed by atoms with van der Waals surface area (Å²) in [5, 5.41) is 20.3. The summed E-state index contributed by atoms with van der Waals surface area (Å²) < 4.78 is 0.794. The van der Waals surface area contributed by atoms with Crippen LogP contribution in [0, 0.1) is 0 Å². The van der Waals surface area contributed by atoms with Gasteiger partial charge in [0.15, 0.2) is 0 Å². The lowest BCUT2D eigenvalue weighted by molar-refractivity contribution is 0.0698. The molecule has 76 valence electrons. The van der Waals surface area contributed by atoms with Crippen molar-refractivity contribution >= 4 is 27.6 Å².